The van der Waals surface area contributed by atoms with Crippen LogP contribution in [0.4, 0.5) is 11.4 Å². The normalized spacial score (nSPS) is 11.9. The third-order valence-corrected chi connectivity index (χ3v) is 4.48. The van der Waals surface area contributed by atoms with E-state index in [0.29, 0.717) is 43.4 Å². The van der Waals surface area contributed by atoms with Crippen molar-refractivity contribution in [1.82, 2.24) is 10.3 Å². The van der Waals surface area contributed by atoms with Gasteiger partial charge in [0, 0.05) is 31.9 Å². The fraction of sp³-hybridized carbons (Fsp3) is 0.474. The zero-order chi connectivity index (χ0) is 20.4. The Labute approximate surface area is 162 Å². The van der Waals surface area contributed by atoms with Crippen LogP contribution in [0.3, 0.4) is 0 Å². The van der Waals surface area contributed by atoms with Gasteiger partial charge in [0.2, 0.25) is 5.52 Å². The molecule has 1 atom stereocenters. The molecule has 2 aromatic rings. The summed E-state index contributed by atoms with van der Waals surface area (Å²) >= 11 is 0. The maximum Gasteiger partial charge on any atom is 0.300 e. The topological polar surface area (TPSA) is 128 Å². The van der Waals surface area contributed by atoms with Crippen molar-refractivity contribution in [2.24, 2.45) is 5.92 Å². The van der Waals surface area contributed by atoms with E-state index in [1.807, 2.05) is 0 Å². The molecule has 0 spiro atoms. The number of nitro benzene ring substituents is 1. The first-order chi connectivity index (χ1) is 13.6. The van der Waals surface area contributed by atoms with Gasteiger partial charge in [-0.25, -0.2) is 4.63 Å². The molecule has 0 aliphatic rings. The molecule has 9 heteroatoms. The highest BCUT2D eigenvalue weighted by molar-refractivity contribution is 5.93. The Morgan fingerprint density at radius 3 is 2.75 bits per heavy atom. The molecular formula is C19H24N4O5. The van der Waals surface area contributed by atoms with Crippen molar-refractivity contribution in [1.29, 1.82) is 0 Å². The fourth-order valence-corrected chi connectivity index (χ4v) is 3.05. The van der Waals surface area contributed by atoms with Gasteiger partial charge >= 0.3 is 5.69 Å². The van der Waals surface area contributed by atoms with Crippen molar-refractivity contribution in [3.63, 3.8) is 0 Å². The van der Waals surface area contributed by atoms with Crippen molar-refractivity contribution in [3.05, 3.63) is 34.9 Å². The van der Waals surface area contributed by atoms with Crippen LogP contribution in [-0.2, 0) is 9.59 Å². The Hall–Kier alpha value is -3.10. The highest BCUT2D eigenvalue weighted by atomic mass is 16.6. The lowest BCUT2D eigenvalue weighted by Crippen LogP contribution is -2.09. The molecule has 1 aromatic carbocycles. The molecule has 0 saturated heterocycles. The van der Waals surface area contributed by atoms with Crippen LogP contribution >= 0.6 is 0 Å². The lowest BCUT2D eigenvalue weighted by Gasteiger charge is -2.10. The Kier molecular flexibility index (Phi) is 8.26. The number of benzene rings is 1. The number of nitrogens with one attached hydrogen (secondary N) is 1. The monoisotopic (exact) mass is 388 g/mol. The van der Waals surface area contributed by atoms with Crippen molar-refractivity contribution < 1.29 is 19.1 Å². The molecule has 0 fully saturated rings. The number of rotatable bonds is 14. The average Bonchev–Trinajstić information content (AvgIpc) is 3.14. The number of ketones is 1. The number of hydrogen-bond acceptors (Lipinski definition) is 8. The third-order valence-electron chi connectivity index (χ3n) is 4.48. The summed E-state index contributed by atoms with van der Waals surface area (Å²) in [6, 6.07) is 2.95. The number of hydrogen-bond donors (Lipinski definition) is 1. The second-order valence-electron chi connectivity index (χ2n) is 6.62. The number of aldehydes is 1. The highest BCUT2D eigenvalue weighted by Crippen LogP contribution is 2.28. The minimum absolute atomic E-state index is 0.0600. The van der Waals surface area contributed by atoms with E-state index >= 15 is 0 Å². The van der Waals surface area contributed by atoms with Gasteiger partial charge in [-0.3, -0.25) is 14.9 Å². The second-order valence-corrected chi connectivity index (χ2v) is 6.62. The van der Waals surface area contributed by atoms with Crippen molar-refractivity contribution in [2.45, 2.75) is 44.9 Å². The van der Waals surface area contributed by atoms with Gasteiger partial charge in [-0.2, -0.15) is 0 Å². The molecule has 1 unspecified atom stereocenters. The molecule has 0 bridgehead atoms. The lowest BCUT2D eigenvalue weighted by atomic mass is 9.94. The lowest BCUT2D eigenvalue weighted by molar-refractivity contribution is -0.383. The van der Waals surface area contributed by atoms with E-state index in [0.717, 1.165) is 25.5 Å². The molecule has 1 heterocycles. The first-order valence-electron chi connectivity index (χ1n) is 9.26. The summed E-state index contributed by atoms with van der Waals surface area (Å²) in [5.41, 5.74) is 0.918. The number of unbranched alkanes of at least 4 members (excludes halogenated alkanes) is 2. The van der Waals surface area contributed by atoms with Gasteiger partial charge in [0.25, 0.3) is 0 Å². The van der Waals surface area contributed by atoms with Crippen LogP contribution in [0.15, 0.2) is 29.4 Å². The molecular weight excluding hydrogens is 364 g/mol. The molecule has 0 radical (unpaired) electrons. The summed E-state index contributed by atoms with van der Waals surface area (Å²) in [5, 5.41) is 21.5. The first-order valence-corrected chi connectivity index (χ1v) is 9.26. The molecule has 0 saturated carbocycles. The highest BCUT2D eigenvalue weighted by Gasteiger charge is 2.19. The smallest absolute Gasteiger partial charge is 0.300 e. The van der Waals surface area contributed by atoms with E-state index in [1.54, 1.807) is 12.1 Å². The predicted molar refractivity (Wildman–Crippen MR) is 104 cm³/mol. The standard InChI is InChI=1S/C19H24N4O5/c1-2-6-14(10-12-24)13-15(25)7-4-3-5-11-20-16-8-9-17(23(26)27)19-18(16)21-28-22-19/h2,8-9,12,14,20H,1,3-7,10-11,13H2. The van der Waals surface area contributed by atoms with Crippen LogP contribution in [0.2, 0.25) is 0 Å². The summed E-state index contributed by atoms with van der Waals surface area (Å²) in [6.45, 7) is 4.30. The number of nitrogens with zero attached hydrogens (tertiary/aromatic N) is 3. The van der Waals surface area contributed by atoms with Crippen LogP contribution in [0.25, 0.3) is 11.0 Å². The van der Waals surface area contributed by atoms with Gasteiger partial charge in [0.1, 0.15) is 12.1 Å². The van der Waals surface area contributed by atoms with Gasteiger partial charge < -0.3 is 10.1 Å². The SMILES string of the molecule is C=CCC(CC=O)CC(=O)CCCCCNc1ccc([N+](=O)[O-])c2nonc12. The molecule has 1 N–H and O–H groups in total. The third kappa shape index (κ3) is 5.97. The largest absolute Gasteiger partial charge is 0.383 e. The Morgan fingerprint density at radius 2 is 2.04 bits per heavy atom. The molecule has 9 nitrogen and oxygen atoms in total. The summed E-state index contributed by atoms with van der Waals surface area (Å²) in [4.78, 5) is 33.1. The van der Waals surface area contributed by atoms with Crippen molar-refractivity contribution >= 4 is 34.5 Å². The van der Waals surface area contributed by atoms with Crippen LogP contribution < -0.4 is 5.32 Å². The number of Topliss-reactive ketones (excluding diaryl/α,β-unsaturated/α-hetero) is 1. The zero-order valence-electron chi connectivity index (χ0n) is 15.6. The number of carbonyl (C=O) groups excluding carboxylic acids is 2. The second kappa shape index (κ2) is 10.9. The zero-order valence-corrected chi connectivity index (χ0v) is 15.6. The minimum atomic E-state index is -0.526. The maximum atomic E-state index is 12.0. The van der Waals surface area contributed by atoms with E-state index < -0.39 is 4.92 Å². The molecule has 0 amide bonds. The molecule has 0 aliphatic heterocycles. The minimum Gasteiger partial charge on any atom is -0.383 e. The first kappa shape index (κ1) is 21.2. The van der Waals surface area contributed by atoms with Gasteiger partial charge in [0.15, 0.2) is 5.52 Å². The van der Waals surface area contributed by atoms with Crippen LogP contribution in [0.1, 0.15) is 44.9 Å². The van der Waals surface area contributed by atoms with E-state index in [2.05, 4.69) is 26.8 Å². The fourth-order valence-electron chi connectivity index (χ4n) is 3.05. The van der Waals surface area contributed by atoms with Crippen LogP contribution in [0, 0.1) is 16.0 Å². The Morgan fingerprint density at radius 1 is 1.25 bits per heavy atom. The number of allylic oxidation sites excluding steroid dienone is 1. The summed E-state index contributed by atoms with van der Waals surface area (Å²) in [7, 11) is 0. The summed E-state index contributed by atoms with van der Waals surface area (Å²) < 4.78 is 4.62. The van der Waals surface area contributed by atoms with Crippen molar-refractivity contribution in [3.8, 4) is 0 Å². The van der Waals surface area contributed by atoms with Crippen LogP contribution in [-0.4, -0.2) is 33.9 Å². The van der Waals surface area contributed by atoms with E-state index in [4.69, 9.17) is 0 Å². The molecule has 2 rings (SSSR count). The molecule has 1 aromatic heterocycles. The number of anilines is 1. The van der Waals surface area contributed by atoms with Gasteiger partial charge in [-0.15, -0.1) is 6.58 Å². The molecule has 28 heavy (non-hydrogen) atoms. The van der Waals surface area contributed by atoms with E-state index in [1.165, 1.54) is 6.07 Å². The average molecular weight is 388 g/mol. The number of carbonyl (C=O) groups is 2. The number of aromatic nitrogens is 2. The van der Waals surface area contributed by atoms with Gasteiger partial charge in [0.05, 0.1) is 10.6 Å². The predicted octanol–water partition coefficient (Wildman–Crippen LogP) is 3.84. The van der Waals surface area contributed by atoms with E-state index in [9.17, 15) is 19.7 Å². The molecule has 0 aliphatic carbocycles. The summed E-state index contributed by atoms with van der Waals surface area (Å²) in [6.07, 6.45) is 7.07. The van der Waals surface area contributed by atoms with Crippen molar-refractivity contribution in [2.75, 3.05) is 11.9 Å². The Balaban J connectivity index is 1.71. The molecule has 150 valence electrons. The van der Waals surface area contributed by atoms with Crippen LogP contribution in [0.5, 0.6) is 0 Å². The van der Waals surface area contributed by atoms with E-state index in [-0.39, 0.29) is 22.9 Å². The number of nitro groups is 1. The van der Waals surface area contributed by atoms with Gasteiger partial charge in [-0.1, -0.05) is 12.5 Å². The number of non-ortho nitro benzene ring substituents is 1. The quantitative estimate of drug-likeness (QED) is 0.170. The number of fused-ring (bicyclic) bond motifs is 1. The maximum absolute atomic E-state index is 12.0. The summed E-state index contributed by atoms with van der Waals surface area (Å²) in [5.74, 6) is 0.234. The Bertz CT molecular complexity index is 823. The van der Waals surface area contributed by atoms with Gasteiger partial charge in [-0.05, 0) is 41.6 Å².